The number of carbonyl (C=O) groups is 2. The zero-order chi connectivity index (χ0) is 49.5. The van der Waals surface area contributed by atoms with Crippen molar-refractivity contribution >= 4 is 19.8 Å². The van der Waals surface area contributed by atoms with Crippen molar-refractivity contribution in [2.24, 2.45) is 5.73 Å². The maximum atomic E-state index is 12.6. The lowest BCUT2D eigenvalue weighted by molar-refractivity contribution is -0.161. The number of phosphoric acid groups is 1. The van der Waals surface area contributed by atoms with Gasteiger partial charge in [0.15, 0.2) is 6.10 Å². The molecule has 2 unspecified atom stereocenters. The Balaban J connectivity index is 4.09. The van der Waals surface area contributed by atoms with Crippen LogP contribution in [-0.4, -0.2) is 49.3 Å². The van der Waals surface area contributed by atoms with Crippen molar-refractivity contribution in [3.8, 4) is 0 Å². The van der Waals surface area contributed by atoms with Gasteiger partial charge in [-0.1, -0.05) is 192 Å². The van der Waals surface area contributed by atoms with Crippen molar-refractivity contribution in [3.63, 3.8) is 0 Å². The maximum absolute atomic E-state index is 12.6. The van der Waals surface area contributed by atoms with Gasteiger partial charge in [0, 0.05) is 19.4 Å². The fourth-order valence-corrected chi connectivity index (χ4v) is 6.93. The van der Waals surface area contributed by atoms with Crippen LogP contribution in [0.4, 0.5) is 0 Å². The Hall–Kier alpha value is -4.11. The summed E-state index contributed by atoms with van der Waals surface area (Å²) in [5.74, 6) is -0.895. The molecule has 0 amide bonds. The Morgan fingerprint density at radius 2 is 0.809 bits per heavy atom. The molecule has 0 aliphatic carbocycles. The highest BCUT2D eigenvalue weighted by atomic mass is 31.2. The van der Waals surface area contributed by atoms with Crippen molar-refractivity contribution in [1.82, 2.24) is 0 Å². The summed E-state index contributed by atoms with van der Waals surface area (Å²) in [6.45, 7) is 3.47. The molecule has 0 saturated heterocycles. The number of carbonyl (C=O) groups excluding carboxylic acids is 2. The van der Waals surface area contributed by atoms with Crippen LogP contribution in [0.15, 0.2) is 146 Å². The lowest BCUT2D eigenvalue weighted by Gasteiger charge is -2.19. The predicted octanol–water partition coefficient (Wildman–Crippen LogP) is 16.0. The monoisotopic (exact) mass is 962 g/mol. The van der Waals surface area contributed by atoms with Gasteiger partial charge in [0.1, 0.15) is 6.61 Å². The van der Waals surface area contributed by atoms with Crippen LogP contribution in [-0.2, 0) is 32.7 Å². The summed E-state index contributed by atoms with van der Waals surface area (Å²) >= 11 is 0. The molecule has 0 heterocycles. The molecule has 0 bridgehead atoms. The van der Waals surface area contributed by atoms with E-state index < -0.39 is 32.5 Å². The van der Waals surface area contributed by atoms with E-state index in [1.165, 1.54) is 6.42 Å². The lowest BCUT2D eigenvalue weighted by atomic mass is 10.1. The van der Waals surface area contributed by atoms with Crippen LogP contribution < -0.4 is 5.73 Å². The van der Waals surface area contributed by atoms with Crippen LogP contribution in [0.2, 0.25) is 0 Å². The number of hydrogen-bond acceptors (Lipinski definition) is 8. The first-order chi connectivity index (χ1) is 33.3. The molecule has 10 heteroatoms. The molecule has 3 N–H and O–H groups in total. The van der Waals surface area contributed by atoms with E-state index in [-0.39, 0.29) is 32.6 Å². The van der Waals surface area contributed by atoms with Crippen molar-refractivity contribution < 1.29 is 37.6 Å². The summed E-state index contributed by atoms with van der Waals surface area (Å²) in [5.41, 5.74) is 5.35. The van der Waals surface area contributed by atoms with E-state index in [4.69, 9.17) is 24.3 Å². The number of allylic oxidation sites excluding steroid dienone is 24. The van der Waals surface area contributed by atoms with Gasteiger partial charge in [0.25, 0.3) is 0 Å². The average Bonchev–Trinajstić information content (AvgIpc) is 3.33. The van der Waals surface area contributed by atoms with E-state index >= 15 is 0 Å². The normalized spacial score (nSPS) is 14.4. The highest BCUT2D eigenvalue weighted by molar-refractivity contribution is 7.47. The van der Waals surface area contributed by atoms with Crippen molar-refractivity contribution in [2.45, 2.75) is 180 Å². The van der Waals surface area contributed by atoms with Gasteiger partial charge in [-0.3, -0.25) is 18.6 Å². The second kappa shape index (κ2) is 52.3. The zero-order valence-corrected chi connectivity index (χ0v) is 43.2. The summed E-state index contributed by atoms with van der Waals surface area (Å²) in [6.07, 6.45) is 74.8. The minimum Gasteiger partial charge on any atom is -0.462 e. The average molecular weight is 962 g/mol. The Kier molecular flexibility index (Phi) is 49.1. The standard InChI is InChI=1S/C58H92NO8P/c1-3-5-7-9-11-13-15-16-17-18-19-20-21-22-23-24-25-26-27-28-29-30-31-32-33-34-35-36-37-38-39-40-41-43-45-47-49-51-58(61)67-56(55-66-68(62,63)65-53-52-59)54-64-57(60)50-48-46-44-42-14-12-10-8-6-4-2/h5,7-8,10-11,13,16-17,19-20,22-23,25-26,28-29,31-32,34-35,37-38,40-41,56H,3-4,6,9,12,14-15,18,21,24,27,30,33,36,39,42-55,59H2,1-2H3,(H,62,63)/b7-5-,10-8-,13-11-,17-16-,20-19-,23-22-,26-25-,29-28-,32-31-,35-34-,38-37-,41-40-. The van der Waals surface area contributed by atoms with Crippen LogP contribution >= 0.6 is 7.82 Å². The Bertz CT molecular complexity index is 1610. The van der Waals surface area contributed by atoms with Gasteiger partial charge in [-0.05, 0) is 116 Å². The molecule has 0 saturated carbocycles. The van der Waals surface area contributed by atoms with Crippen LogP contribution in [0.1, 0.15) is 174 Å². The fraction of sp³-hybridized carbons (Fsp3) is 0.552. The number of ether oxygens (including phenoxy) is 2. The highest BCUT2D eigenvalue weighted by Crippen LogP contribution is 2.43. The minimum atomic E-state index is -4.40. The molecular formula is C58H92NO8P. The maximum Gasteiger partial charge on any atom is 0.472 e. The van der Waals surface area contributed by atoms with E-state index in [9.17, 15) is 19.0 Å². The quantitative estimate of drug-likeness (QED) is 0.0265. The molecule has 0 rings (SSSR count). The van der Waals surface area contributed by atoms with E-state index in [2.05, 4.69) is 160 Å². The molecule has 2 atom stereocenters. The minimum absolute atomic E-state index is 0.0386. The molecule has 0 aromatic rings. The van der Waals surface area contributed by atoms with Gasteiger partial charge >= 0.3 is 19.8 Å². The fourth-order valence-electron chi connectivity index (χ4n) is 6.17. The zero-order valence-electron chi connectivity index (χ0n) is 42.3. The van der Waals surface area contributed by atoms with Gasteiger partial charge in [-0.2, -0.15) is 0 Å². The number of nitrogens with two attached hydrogens (primary N) is 1. The van der Waals surface area contributed by atoms with E-state index in [1.807, 2.05) is 0 Å². The third-order valence-electron chi connectivity index (χ3n) is 9.94. The molecule has 0 aliphatic heterocycles. The summed E-state index contributed by atoms with van der Waals surface area (Å²) in [4.78, 5) is 34.9. The lowest BCUT2D eigenvalue weighted by Crippen LogP contribution is -2.29. The highest BCUT2D eigenvalue weighted by Gasteiger charge is 2.26. The van der Waals surface area contributed by atoms with E-state index in [1.54, 1.807) is 0 Å². The molecule has 382 valence electrons. The molecule has 9 nitrogen and oxygen atoms in total. The van der Waals surface area contributed by atoms with Crippen molar-refractivity contribution in [2.75, 3.05) is 26.4 Å². The first-order valence-electron chi connectivity index (χ1n) is 25.8. The third kappa shape index (κ3) is 51.3. The summed E-state index contributed by atoms with van der Waals surface area (Å²) < 4.78 is 32.7. The second-order valence-corrected chi connectivity index (χ2v) is 17.8. The smallest absolute Gasteiger partial charge is 0.462 e. The van der Waals surface area contributed by atoms with Gasteiger partial charge in [0.05, 0.1) is 13.2 Å². The number of esters is 2. The number of rotatable bonds is 46. The number of unbranched alkanes of at least 4 members (excludes halogenated alkanes) is 9. The van der Waals surface area contributed by atoms with Crippen molar-refractivity contribution in [3.05, 3.63) is 146 Å². The van der Waals surface area contributed by atoms with Crippen LogP contribution in [0.3, 0.4) is 0 Å². The van der Waals surface area contributed by atoms with Gasteiger partial charge < -0.3 is 20.1 Å². The topological polar surface area (TPSA) is 134 Å². The van der Waals surface area contributed by atoms with Crippen LogP contribution in [0.25, 0.3) is 0 Å². The number of hydrogen-bond donors (Lipinski definition) is 2. The Morgan fingerprint density at radius 1 is 0.456 bits per heavy atom. The van der Waals surface area contributed by atoms with Crippen LogP contribution in [0.5, 0.6) is 0 Å². The van der Waals surface area contributed by atoms with Crippen LogP contribution in [0, 0.1) is 0 Å². The Labute approximate surface area is 414 Å². The van der Waals surface area contributed by atoms with Crippen molar-refractivity contribution in [1.29, 1.82) is 0 Å². The first kappa shape index (κ1) is 63.9. The van der Waals surface area contributed by atoms with E-state index in [0.717, 1.165) is 128 Å². The third-order valence-corrected chi connectivity index (χ3v) is 10.9. The molecule has 68 heavy (non-hydrogen) atoms. The predicted molar refractivity (Wildman–Crippen MR) is 288 cm³/mol. The summed E-state index contributed by atoms with van der Waals surface area (Å²) in [7, 11) is -4.40. The summed E-state index contributed by atoms with van der Waals surface area (Å²) in [6, 6.07) is 0. The SMILES string of the molecule is CC/C=C\C/C=C\C/C=C\C/C=C\C/C=C\C/C=C\C/C=C\C/C=C\C/C=C\C/C=C\C/C=C\CCCCCC(=O)OC(COC(=O)CCCCCCC/C=C\CCC)COP(=O)(O)OCCN. The molecule has 0 radical (unpaired) electrons. The summed E-state index contributed by atoms with van der Waals surface area (Å²) in [5, 5.41) is 0. The molecule has 0 aromatic heterocycles. The molecule has 0 aromatic carbocycles. The van der Waals surface area contributed by atoms with E-state index in [0.29, 0.717) is 12.8 Å². The van der Waals surface area contributed by atoms with Gasteiger partial charge in [-0.25, -0.2) is 4.57 Å². The number of phosphoric ester groups is 1. The molecule has 0 spiro atoms. The molecule has 0 aliphatic rings. The Morgan fingerprint density at radius 3 is 1.24 bits per heavy atom. The molecular weight excluding hydrogens is 870 g/mol. The first-order valence-corrected chi connectivity index (χ1v) is 27.3. The van der Waals surface area contributed by atoms with Gasteiger partial charge in [-0.15, -0.1) is 0 Å². The second-order valence-electron chi connectivity index (χ2n) is 16.3. The van der Waals surface area contributed by atoms with Gasteiger partial charge in [0.2, 0.25) is 0 Å². The molecule has 0 fully saturated rings. The largest absolute Gasteiger partial charge is 0.472 e.